The van der Waals surface area contributed by atoms with Crippen LogP contribution >= 0.6 is 11.3 Å². The zero-order chi connectivity index (χ0) is 15.4. The van der Waals surface area contributed by atoms with Crippen molar-refractivity contribution in [1.29, 1.82) is 0 Å². The highest BCUT2D eigenvalue weighted by Gasteiger charge is 2.13. The van der Waals surface area contributed by atoms with Crippen molar-refractivity contribution in [3.05, 3.63) is 51.7 Å². The molecule has 1 aromatic heterocycles. The van der Waals surface area contributed by atoms with Crippen molar-refractivity contribution in [1.82, 2.24) is 5.32 Å². The number of anilines is 1. The third kappa shape index (κ3) is 4.33. The van der Waals surface area contributed by atoms with E-state index in [-0.39, 0.29) is 11.9 Å². The molecular weight excluding hydrogens is 280 g/mol. The molecule has 1 atom stereocenters. The topological polar surface area (TPSA) is 32.3 Å². The molecule has 1 aromatic carbocycles. The Bertz CT molecular complexity index is 587. The van der Waals surface area contributed by atoms with Crippen molar-refractivity contribution in [2.75, 3.05) is 18.5 Å². The molecule has 0 spiro atoms. The lowest BCUT2D eigenvalue weighted by Crippen LogP contribution is -2.36. The molecule has 0 fully saturated rings. The number of hydrogen-bond donors (Lipinski definition) is 1. The van der Waals surface area contributed by atoms with Crippen molar-refractivity contribution >= 4 is 22.9 Å². The van der Waals surface area contributed by atoms with Gasteiger partial charge in [0.1, 0.15) is 0 Å². The first kappa shape index (κ1) is 15.6. The monoisotopic (exact) mass is 302 g/mol. The van der Waals surface area contributed by atoms with Gasteiger partial charge in [-0.25, -0.2) is 0 Å². The summed E-state index contributed by atoms with van der Waals surface area (Å²) in [7, 11) is 1.95. The Labute approximate surface area is 130 Å². The number of benzene rings is 1. The van der Waals surface area contributed by atoms with Crippen LogP contribution in [-0.2, 0) is 4.79 Å². The predicted octanol–water partition coefficient (Wildman–Crippen LogP) is 3.68. The number of thiophene rings is 1. The van der Waals surface area contributed by atoms with Gasteiger partial charge in [-0.2, -0.15) is 0 Å². The SMILES string of the molecule is Cc1cc(C)cc(N(C)CC(=O)NC(C)c2cccs2)c1. The van der Waals surface area contributed by atoms with E-state index >= 15 is 0 Å². The van der Waals surface area contributed by atoms with Gasteiger partial charge >= 0.3 is 0 Å². The fourth-order valence-corrected chi connectivity index (χ4v) is 3.11. The predicted molar refractivity (Wildman–Crippen MR) is 90.1 cm³/mol. The van der Waals surface area contributed by atoms with Gasteiger partial charge in [-0.05, 0) is 55.5 Å². The van der Waals surface area contributed by atoms with Gasteiger partial charge in [0.25, 0.3) is 0 Å². The highest BCUT2D eigenvalue weighted by Crippen LogP contribution is 2.19. The molecule has 1 N–H and O–H groups in total. The van der Waals surface area contributed by atoms with E-state index in [9.17, 15) is 4.79 Å². The van der Waals surface area contributed by atoms with Crippen LogP contribution in [0.2, 0.25) is 0 Å². The Morgan fingerprint density at radius 2 is 1.95 bits per heavy atom. The van der Waals surface area contributed by atoms with E-state index in [2.05, 4.69) is 37.4 Å². The van der Waals surface area contributed by atoms with E-state index in [0.29, 0.717) is 6.54 Å². The van der Waals surface area contributed by atoms with E-state index in [0.717, 1.165) is 5.69 Å². The molecular formula is C17H22N2OS. The van der Waals surface area contributed by atoms with Crippen molar-refractivity contribution in [3.8, 4) is 0 Å². The Morgan fingerprint density at radius 1 is 1.29 bits per heavy atom. The molecule has 21 heavy (non-hydrogen) atoms. The van der Waals surface area contributed by atoms with E-state index < -0.39 is 0 Å². The normalized spacial score (nSPS) is 12.0. The number of likely N-dealkylation sites (N-methyl/N-ethyl adjacent to an activating group) is 1. The third-order valence-corrected chi connectivity index (χ3v) is 4.43. The first-order chi connectivity index (χ1) is 9.95. The van der Waals surface area contributed by atoms with Crippen LogP contribution in [0, 0.1) is 13.8 Å². The lowest BCUT2D eigenvalue weighted by atomic mass is 10.1. The summed E-state index contributed by atoms with van der Waals surface area (Å²) in [6.07, 6.45) is 0. The molecule has 0 bridgehead atoms. The van der Waals surface area contributed by atoms with Gasteiger partial charge < -0.3 is 10.2 Å². The minimum Gasteiger partial charge on any atom is -0.365 e. The largest absolute Gasteiger partial charge is 0.365 e. The summed E-state index contributed by atoms with van der Waals surface area (Å²) >= 11 is 1.66. The van der Waals surface area contributed by atoms with E-state index in [4.69, 9.17) is 0 Å². The van der Waals surface area contributed by atoms with Crippen LogP contribution in [0.25, 0.3) is 0 Å². The molecule has 3 nitrogen and oxygen atoms in total. The molecule has 1 amide bonds. The Balaban J connectivity index is 1.95. The van der Waals surface area contributed by atoms with Crippen LogP contribution < -0.4 is 10.2 Å². The van der Waals surface area contributed by atoms with Crippen LogP contribution in [0.1, 0.15) is 29.0 Å². The van der Waals surface area contributed by atoms with Crippen molar-refractivity contribution < 1.29 is 4.79 Å². The number of nitrogens with one attached hydrogen (secondary N) is 1. The third-order valence-electron chi connectivity index (χ3n) is 3.38. The standard InChI is InChI=1S/C17H22N2OS/c1-12-8-13(2)10-15(9-12)19(4)11-17(20)18-14(3)16-6-5-7-21-16/h5-10,14H,11H2,1-4H3,(H,18,20). The van der Waals surface area contributed by atoms with Gasteiger partial charge in [0.2, 0.25) is 5.91 Å². The minimum atomic E-state index is 0.0394. The van der Waals surface area contributed by atoms with E-state index in [1.165, 1.54) is 16.0 Å². The minimum absolute atomic E-state index is 0.0394. The smallest absolute Gasteiger partial charge is 0.240 e. The van der Waals surface area contributed by atoms with Gasteiger partial charge in [0, 0.05) is 17.6 Å². The van der Waals surface area contributed by atoms with Crippen LogP contribution in [0.3, 0.4) is 0 Å². The van der Waals surface area contributed by atoms with Gasteiger partial charge in [-0.15, -0.1) is 11.3 Å². The fourth-order valence-electron chi connectivity index (χ4n) is 2.37. The molecule has 112 valence electrons. The fraction of sp³-hybridized carbons (Fsp3) is 0.353. The zero-order valence-corrected chi connectivity index (χ0v) is 13.8. The molecule has 1 heterocycles. The maximum Gasteiger partial charge on any atom is 0.240 e. The second kappa shape index (κ2) is 6.76. The van der Waals surface area contributed by atoms with Crippen LogP contribution in [-0.4, -0.2) is 19.5 Å². The lowest BCUT2D eigenvalue weighted by Gasteiger charge is -2.21. The van der Waals surface area contributed by atoms with Crippen LogP contribution in [0.5, 0.6) is 0 Å². The Hall–Kier alpha value is -1.81. The highest BCUT2D eigenvalue weighted by molar-refractivity contribution is 7.10. The number of nitrogens with zero attached hydrogens (tertiary/aromatic N) is 1. The molecule has 0 aliphatic rings. The van der Waals surface area contributed by atoms with Crippen molar-refractivity contribution in [3.63, 3.8) is 0 Å². The Kier molecular flexibility index (Phi) is 5.02. The first-order valence-corrected chi connectivity index (χ1v) is 7.96. The molecule has 2 aromatic rings. The second-order valence-corrected chi connectivity index (χ2v) is 6.49. The maximum absolute atomic E-state index is 12.2. The number of hydrogen-bond acceptors (Lipinski definition) is 3. The summed E-state index contributed by atoms with van der Waals surface area (Å²) in [5.74, 6) is 0.0394. The number of amides is 1. The maximum atomic E-state index is 12.2. The molecule has 0 saturated heterocycles. The molecule has 2 rings (SSSR count). The Morgan fingerprint density at radius 3 is 2.52 bits per heavy atom. The molecule has 0 aliphatic carbocycles. The summed E-state index contributed by atoms with van der Waals surface area (Å²) in [5, 5.41) is 5.07. The van der Waals surface area contributed by atoms with Gasteiger partial charge in [-0.3, -0.25) is 4.79 Å². The number of carbonyl (C=O) groups excluding carboxylic acids is 1. The molecule has 0 aliphatic heterocycles. The molecule has 0 radical (unpaired) electrons. The number of aryl methyl sites for hydroxylation is 2. The first-order valence-electron chi connectivity index (χ1n) is 7.08. The van der Waals surface area contributed by atoms with Gasteiger partial charge in [0.15, 0.2) is 0 Å². The number of carbonyl (C=O) groups is 1. The average Bonchev–Trinajstić information content (AvgIpc) is 2.91. The van der Waals surface area contributed by atoms with Crippen LogP contribution in [0.15, 0.2) is 35.7 Å². The van der Waals surface area contributed by atoms with Gasteiger partial charge in [-0.1, -0.05) is 12.1 Å². The lowest BCUT2D eigenvalue weighted by molar-refractivity contribution is -0.120. The summed E-state index contributed by atoms with van der Waals surface area (Å²) in [5.41, 5.74) is 3.50. The van der Waals surface area contributed by atoms with Crippen molar-refractivity contribution in [2.45, 2.75) is 26.8 Å². The van der Waals surface area contributed by atoms with Crippen molar-refractivity contribution in [2.24, 2.45) is 0 Å². The molecule has 0 saturated carbocycles. The van der Waals surface area contributed by atoms with Crippen LogP contribution in [0.4, 0.5) is 5.69 Å². The summed E-state index contributed by atoms with van der Waals surface area (Å²) in [6.45, 7) is 6.52. The zero-order valence-electron chi connectivity index (χ0n) is 13.0. The van der Waals surface area contributed by atoms with E-state index in [1.54, 1.807) is 11.3 Å². The van der Waals surface area contributed by atoms with E-state index in [1.807, 2.05) is 36.4 Å². The quantitative estimate of drug-likeness (QED) is 0.914. The van der Waals surface area contributed by atoms with Gasteiger partial charge in [0.05, 0.1) is 12.6 Å². The summed E-state index contributed by atoms with van der Waals surface area (Å²) in [4.78, 5) is 15.3. The summed E-state index contributed by atoms with van der Waals surface area (Å²) in [6, 6.07) is 10.4. The highest BCUT2D eigenvalue weighted by atomic mass is 32.1. The second-order valence-electron chi connectivity index (χ2n) is 5.51. The average molecular weight is 302 g/mol. The number of rotatable bonds is 5. The molecule has 1 unspecified atom stereocenters. The molecule has 4 heteroatoms. The summed E-state index contributed by atoms with van der Waals surface area (Å²) < 4.78 is 0.